The summed E-state index contributed by atoms with van der Waals surface area (Å²) in [6, 6.07) is 10.2. The van der Waals surface area contributed by atoms with E-state index < -0.39 is 0 Å². The third-order valence-electron chi connectivity index (χ3n) is 5.70. The predicted molar refractivity (Wildman–Crippen MR) is 106 cm³/mol. The van der Waals surface area contributed by atoms with Gasteiger partial charge in [-0.3, -0.25) is 0 Å². The lowest BCUT2D eigenvalue weighted by Crippen LogP contribution is -2.37. The Labute approximate surface area is 158 Å². The van der Waals surface area contributed by atoms with Gasteiger partial charge in [0.25, 0.3) is 0 Å². The highest BCUT2D eigenvalue weighted by Crippen LogP contribution is 2.45. The molecule has 1 aromatic carbocycles. The summed E-state index contributed by atoms with van der Waals surface area (Å²) in [5, 5.41) is 13.6. The van der Waals surface area contributed by atoms with Crippen molar-refractivity contribution in [2.24, 2.45) is 5.16 Å². The molecule has 3 heterocycles. The van der Waals surface area contributed by atoms with Crippen LogP contribution in [0, 0.1) is 6.92 Å². The minimum Gasteiger partial charge on any atom is -0.389 e. The lowest BCUT2D eigenvalue weighted by Gasteiger charge is -2.34. The lowest BCUT2D eigenvalue weighted by atomic mass is 9.76. The largest absolute Gasteiger partial charge is 0.389 e. The van der Waals surface area contributed by atoms with Crippen LogP contribution in [0.3, 0.4) is 0 Å². The Balaban J connectivity index is 1.67. The Kier molecular flexibility index (Phi) is 3.67. The minimum absolute atomic E-state index is 0.0751. The second kappa shape index (κ2) is 6.08. The monoisotopic (exact) mass is 361 g/mol. The van der Waals surface area contributed by atoms with Crippen molar-refractivity contribution in [3.05, 3.63) is 47.8 Å². The van der Waals surface area contributed by atoms with E-state index in [0.29, 0.717) is 0 Å². The van der Waals surface area contributed by atoms with E-state index in [2.05, 4.69) is 34.6 Å². The second-order valence-corrected chi connectivity index (χ2v) is 7.48. The van der Waals surface area contributed by atoms with Crippen molar-refractivity contribution in [2.45, 2.75) is 51.7 Å². The summed E-state index contributed by atoms with van der Waals surface area (Å²) in [5.41, 5.74) is 5.86. The number of fused-ring (bicyclic) bond motifs is 1. The van der Waals surface area contributed by atoms with Gasteiger partial charge in [-0.15, -0.1) is 0 Å². The number of aromatic nitrogens is 3. The van der Waals surface area contributed by atoms with Crippen LogP contribution < -0.4 is 5.32 Å². The van der Waals surface area contributed by atoms with E-state index in [1.165, 1.54) is 6.42 Å². The number of hydrogen-bond donors (Lipinski definition) is 1. The summed E-state index contributed by atoms with van der Waals surface area (Å²) in [6.07, 6.45) is 6.15. The molecule has 2 aromatic heterocycles. The maximum absolute atomic E-state index is 5.85. The fraction of sp³-hybridized carbons (Fsp3) is 0.381. The Morgan fingerprint density at radius 3 is 2.70 bits per heavy atom. The van der Waals surface area contributed by atoms with Gasteiger partial charge >= 0.3 is 0 Å². The molecule has 0 unspecified atom stereocenters. The van der Waals surface area contributed by atoms with Crippen LogP contribution in [0.2, 0.25) is 0 Å². The summed E-state index contributed by atoms with van der Waals surface area (Å²) in [6.45, 7) is 4.91. The van der Waals surface area contributed by atoms with Crippen LogP contribution in [-0.2, 0) is 11.4 Å². The molecule has 0 bridgehead atoms. The van der Waals surface area contributed by atoms with Crippen molar-refractivity contribution in [1.82, 2.24) is 14.8 Å². The average molecular weight is 361 g/mol. The smallest absolute Gasteiger partial charge is 0.160 e. The predicted octanol–water partition coefficient (Wildman–Crippen LogP) is 4.55. The molecule has 1 saturated carbocycles. The fourth-order valence-corrected chi connectivity index (χ4v) is 4.08. The highest BCUT2D eigenvalue weighted by atomic mass is 16.7. The molecule has 2 aliphatic rings. The standard InChI is InChI=1S/C21H23N5O/c1-3-26-20-16(13-22-26)19(24-15-8-5-4-6-9-15)18(14(2)23-20)17-12-21(27-25-17)10-7-11-21/h4-6,8-9,13H,3,7,10-12H2,1-2H3,(H,23,24). The van der Waals surface area contributed by atoms with E-state index in [9.17, 15) is 0 Å². The van der Waals surface area contributed by atoms with Gasteiger partial charge in [0.05, 0.1) is 28.7 Å². The first-order valence-electron chi connectivity index (χ1n) is 9.63. The molecule has 1 fully saturated rings. The van der Waals surface area contributed by atoms with Gasteiger partial charge in [-0.05, 0) is 45.2 Å². The maximum Gasteiger partial charge on any atom is 0.160 e. The quantitative estimate of drug-likeness (QED) is 0.740. The fourth-order valence-electron chi connectivity index (χ4n) is 4.08. The molecule has 6 nitrogen and oxygen atoms in total. The molecule has 1 aliphatic carbocycles. The van der Waals surface area contributed by atoms with Gasteiger partial charge in [-0.2, -0.15) is 5.10 Å². The third-order valence-corrected chi connectivity index (χ3v) is 5.70. The number of oxime groups is 1. The van der Waals surface area contributed by atoms with Gasteiger partial charge in [-0.1, -0.05) is 23.4 Å². The normalized spacial score (nSPS) is 17.6. The molecule has 0 amide bonds. The average Bonchev–Trinajstić information content (AvgIpc) is 3.27. The van der Waals surface area contributed by atoms with Gasteiger partial charge in [0.1, 0.15) is 5.60 Å². The first-order valence-corrected chi connectivity index (χ1v) is 9.63. The molecular weight excluding hydrogens is 338 g/mol. The molecule has 5 rings (SSSR count). The van der Waals surface area contributed by atoms with Crippen molar-refractivity contribution < 1.29 is 4.84 Å². The molecule has 1 N–H and O–H groups in total. The number of para-hydroxylation sites is 1. The van der Waals surface area contributed by atoms with Crippen molar-refractivity contribution in [2.75, 3.05) is 5.32 Å². The lowest BCUT2D eigenvalue weighted by molar-refractivity contribution is -0.0755. The van der Waals surface area contributed by atoms with Crippen molar-refractivity contribution >= 4 is 28.1 Å². The summed E-state index contributed by atoms with van der Waals surface area (Å²) >= 11 is 0. The molecule has 0 saturated heterocycles. The van der Waals surface area contributed by atoms with E-state index in [-0.39, 0.29) is 5.60 Å². The van der Waals surface area contributed by atoms with E-state index in [1.807, 2.05) is 36.0 Å². The van der Waals surface area contributed by atoms with Crippen molar-refractivity contribution in [1.29, 1.82) is 0 Å². The van der Waals surface area contributed by atoms with Crippen LogP contribution in [0.4, 0.5) is 11.4 Å². The molecule has 0 radical (unpaired) electrons. The molecule has 1 spiro atoms. The number of aryl methyl sites for hydroxylation is 2. The summed E-state index contributed by atoms with van der Waals surface area (Å²) < 4.78 is 1.93. The highest BCUT2D eigenvalue weighted by molar-refractivity contribution is 6.12. The Morgan fingerprint density at radius 2 is 2.04 bits per heavy atom. The zero-order valence-electron chi connectivity index (χ0n) is 15.7. The summed E-state index contributed by atoms with van der Waals surface area (Å²) in [4.78, 5) is 10.7. The van der Waals surface area contributed by atoms with Crippen molar-refractivity contribution in [3.8, 4) is 0 Å². The molecule has 27 heavy (non-hydrogen) atoms. The van der Waals surface area contributed by atoms with E-state index in [1.54, 1.807) is 0 Å². The zero-order valence-corrected chi connectivity index (χ0v) is 15.7. The molecular formula is C21H23N5O. The molecule has 138 valence electrons. The topological polar surface area (TPSA) is 64.3 Å². The zero-order chi connectivity index (χ0) is 18.4. The van der Waals surface area contributed by atoms with Gasteiger partial charge < -0.3 is 10.2 Å². The molecule has 6 heteroatoms. The first kappa shape index (κ1) is 16.3. The van der Waals surface area contributed by atoms with Crippen LogP contribution >= 0.6 is 0 Å². The van der Waals surface area contributed by atoms with Gasteiger partial charge in [-0.25, -0.2) is 9.67 Å². The number of nitrogens with one attached hydrogen (secondary N) is 1. The summed E-state index contributed by atoms with van der Waals surface area (Å²) in [5.74, 6) is 0. The number of nitrogens with zero attached hydrogens (tertiary/aromatic N) is 4. The van der Waals surface area contributed by atoms with Crippen molar-refractivity contribution in [3.63, 3.8) is 0 Å². The molecule has 1 aliphatic heterocycles. The van der Waals surface area contributed by atoms with Gasteiger partial charge in [0.2, 0.25) is 0 Å². The first-order chi connectivity index (χ1) is 13.2. The Bertz CT molecular complexity index is 1030. The highest BCUT2D eigenvalue weighted by Gasteiger charge is 2.45. The SMILES string of the molecule is CCn1ncc2c(Nc3ccccc3)c(C3=NOC4(CCC4)C3)c(C)nc21. The number of pyridine rings is 1. The van der Waals surface area contributed by atoms with Gasteiger partial charge in [0.15, 0.2) is 5.65 Å². The van der Waals surface area contributed by atoms with E-state index >= 15 is 0 Å². The third kappa shape index (κ3) is 2.59. The van der Waals surface area contributed by atoms with Crippen LogP contribution in [0.25, 0.3) is 11.0 Å². The van der Waals surface area contributed by atoms with E-state index in [0.717, 1.165) is 65.2 Å². The Hall–Kier alpha value is -2.89. The molecule has 0 atom stereocenters. The van der Waals surface area contributed by atoms with Gasteiger partial charge in [0, 0.05) is 24.2 Å². The maximum atomic E-state index is 5.85. The number of benzene rings is 1. The number of rotatable bonds is 4. The minimum atomic E-state index is -0.0751. The Morgan fingerprint density at radius 1 is 1.22 bits per heavy atom. The van der Waals surface area contributed by atoms with Crippen LogP contribution in [-0.4, -0.2) is 26.1 Å². The van der Waals surface area contributed by atoms with E-state index in [4.69, 9.17) is 9.82 Å². The van der Waals surface area contributed by atoms with Crippen LogP contribution in [0.5, 0.6) is 0 Å². The number of anilines is 2. The molecule has 3 aromatic rings. The second-order valence-electron chi connectivity index (χ2n) is 7.48. The van der Waals surface area contributed by atoms with Crippen LogP contribution in [0.15, 0.2) is 41.7 Å². The summed E-state index contributed by atoms with van der Waals surface area (Å²) in [7, 11) is 0. The van der Waals surface area contributed by atoms with Crippen LogP contribution in [0.1, 0.15) is 43.9 Å². The number of hydrogen-bond acceptors (Lipinski definition) is 5.